The number of likely N-dealkylation sites (tertiary alicyclic amines) is 1. The summed E-state index contributed by atoms with van der Waals surface area (Å²) in [5.74, 6) is 0.525. The van der Waals surface area contributed by atoms with Crippen molar-refractivity contribution in [3.05, 3.63) is 90.0 Å². The number of Topliss-reactive ketones (excluding diaryl/α,β-unsaturated/α-hetero) is 2. The SMILES string of the molecule is CSc1ccc(C(=O)[C@H]2CN(C(=O)Oc3ccccc3)C[C@@H]2Cc2cccc(OC(C)(C)C(C)=O)c2)cc1. The van der Waals surface area contributed by atoms with Crippen molar-refractivity contribution in [3.8, 4) is 11.5 Å². The predicted molar refractivity (Wildman–Crippen MR) is 149 cm³/mol. The minimum absolute atomic E-state index is 0.0165. The number of nitrogens with zero attached hydrogens (tertiary/aromatic N) is 1. The molecule has 0 radical (unpaired) electrons. The Balaban J connectivity index is 1.56. The number of para-hydroxylation sites is 1. The standard InChI is InChI=1S/C31H33NO5S/c1-21(33)31(2,3)37-26-12-8-9-22(18-26)17-24-19-32(30(35)36-25-10-6-5-7-11-25)20-28(24)29(34)23-13-15-27(38-4)16-14-23/h5-16,18,24,28H,17,19-20H2,1-4H3/t24-,28-/m0/s1. The van der Waals surface area contributed by atoms with Crippen LogP contribution in [0.3, 0.4) is 0 Å². The molecule has 1 aliphatic rings. The van der Waals surface area contributed by atoms with Crippen molar-refractivity contribution in [1.29, 1.82) is 0 Å². The molecular formula is C31H33NO5S. The number of carbonyl (C=O) groups is 3. The molecule has 1 aliphatic heterocycles. The van der Waals surface area contributed by atoms with Crippen molar-refractivity contribution >= 4 is 29.4 Å². The van der Waals surface area contributed by atoms with E-state index >= 15 is 0 Å². The Morgan fingerprint density at radius 2 is 1.61 bits per heavy atom. The number of ether oxygens (including phenoxy) is 2. The average Bonchev–Trinajstić information content (AvgIpc) is 3.32. The molecule has 4 rings (SSSR count). The maximum absolute atomic E-state index is 13.7. The molecule has 0 unspecified atom stereocenters. The van der Waals surface area contributed by atoms with Crippen molar-refractivity contribution in [2.45, 2.75) is 37.7 Å². The van der Waals surface area contributed by atoms with Crippen molar-refractivity contribution in [1.82, 2.24) is 4.90 Å². The van der Waals surface area contributed by atoms with Crippen LogP contribution in [0.15, 0.2) is 83.8 Å². The fourth-order valence-electron chi connectivity index (χ4n) is 4.55. The molecule has 6 nitrogen and oxygen atoms in total. The van der Waals surface area contributed by atoms with E-state index in [1.807, 2.05) is 73.0 Å². The van der Waals surface area contributed by atoms with E-state index in [4.69, 9.17) is 9.47 Å². The van der Waals surface area contributed by atoms with E-state index in [0.29, 0.717) is 30.0 Å². The topological polar surface area (TPSA) is 72.9 Å². The van der Waals surface area contributed by atoms with Crippen LogP contribution >= 0.6 is 11.8 Å². The maximum atomic E-state index is 13.7. The molecule has 1 saturated heterocycles. The number of rotatable bonds is 9. The molecule has 198 valence electrons. The number of benzene rings is 3. The lowest BCUT2D eigenvalue weighted by Crippen LogP contribution is -2.36. The fraction of sp³-hybridized carbons (Fsp3) is 0.323. The number of ketones is 2. The lowest BCUT2D eigenvalue weighted by molar-refractivity contribution is -0.129. The predicted octanol–water partition coefficient (Wildman–Crippen LogP) is 6.33. The van der Waals surface area contributed by atoms with Crippen LogP contribution in [-0.4, -0.2) is 47.5 Å². The Morgan fingerprint density at radius 1 is 0.921 bits per heavy atom. The van der Waals surface area contributed by atoms with Crippen LogP contribution < -0.4 is 9.47 Å². The lowest BCUT2D eigenvalue weighted by Gasteiger charge is -2.24. The van der Waals surface area contributed by atoms with Gasteiger partial charge in [-0.3, -0.25) is 9.59 Å². The van der Waals surface area contributed by atoms with E-state index in [2.05, 4.69) is 0 Å². The molecule has 0 saturated carbocycles. The van der Waals surface area contributed by atoms with Gasteiger partial charge in [0.1, 0.15) is 11.5 Å². The summed E-state index contributed by atoms with van der Waals surface area (Å²) >= 11 is 1.62. The molecule has 0 aromatic heterocycles. The van der Waals surface area contributed by atoms with Crippen LogP contribution in [0.2, 0.25) is 0 Å². The zero-order valence-electron chi connectivity index (χ0n) is 22.2. The Kier molecular flexibility index (Phi) is 8.57. The molecule has 7 heteroatoms. The van der Waals surface area contributed by atoms with E-state index in [0.717, 1.165) is 10.5 Å². The zero-order valence-corrected chi connectivity index (χ0v) is 23.0. The van der Waals surface area contributed by atoms with E-state index in [9.17, 15) is 14.4 Å². The minimum Gasteiger partial charge on any atom is -0.480 e. The second-order valence-corrected chi connectivity index (χ2v) is 10.9. The highest BCUT2D eigenvalue weighted by Gasteiger charge is 2.40. The lowest BCUT2D eigenvalue weighted by atomic mass is 9.84. The van der Waals surface area contributed by atoms with Gasteiger partial charge in [0.15, 0.2) is 17.2 Å². The number of hydrogen-bond acceptors (Lipinski definition) is 6. The monoisotopic (exact) mass is 531 g/mol. The summed E-state index contributed by atoms with van der Waals surface area (Å²) in [6, 6.07) is 24.1. The first-order valence-corrected chi connectivity index (χ1v) is 13.9. The van der Waals surface area contributed by atoms with E-state index in [1.165, 1.54) is 6.92 Å². The van der Waals surface area contributed by atoms with Crippen molar-refractivity contribution in [2.24, 2.45) is 11.8 Å². The third-order valence-electron chi connectivity index (χ3n) is 6.98. The van der Waals surface area contributed by atoms with Crippen molar-refractivity contribution in [2.75, 3.05) is 19.3 Å². The van der Waals surface area contributed by atoms with Crippen LogP contribution in [-0.2, 0) is 11.2 Å². The van der Waals surface area contributed by atoms with Gasteiger partial charge in [0.05, 0.1) is 0 Å². The maximum Gasteiger partial charge on any atom is 0.415 e. The summed E-state index contributed by atoms with van der Waals surface area (Å²) in [6.45, 7) is 5.67. The quantitative estimate of drug-likeness (QED) is 0.237. The summed E-state index contributed by atoms with van der Waals surface area (Å²) in [5, 5.41) is 0. The first kappa shape index (κ1) is 27.5. The number of thioether (sulfide) groups is 1. The van der Waals surface area contributed by atoms with Crippen molar-refractivity contribution in [3.63, 3.8) is 0 Å². The van der Waals surface area contributed by atoms with Gasteiger partial charge in [-0.05, 0) is 81.3 Å². The third-order valence-corrected chi connectivity index (χ3v) is 7.72. The second-order valence-electron chi connectivity index (χ2n) is 10.1. The molecule has 0 bridgehead atoms. The first-order valence-electron chi connectivity index (χ1n) is 12.7. The number of hydrogen-bond donors (Lipinski definition) is 0. The average molecular weight is 532 g/mol. The van der Waals surface area contributed by atoms with E-state index in [-0.39, 0.29) is 29.9 Å². The highest BCUT2D eigenvalue weighted by atomic mass is 32.2. The zero-order chi connectivity index (χ0) is 27.3. The summed E-state index contributed by atoms with van der Waals surface area (Å²) in [4.78, 5) is 41.3. The van der Waals surface area contributed by atoms with Crippen LogP contribution in [0.4, 0.5) is 4.79 Å². The largest absolute Gasteiger partial charge is 0.480 e. The molecule has 3 aromatic carbocycles. The van der Waals surface area contributed by atoms with Gasteiger partial charge in [-0.2, -0.15) is 0 Å². The van der Waals surface area contributed by atoms with Crippen LogP contribution in [0.1, 0.15) is 36.7 Å². The Morgan fingerprint density at radius 3 is 2.26 bits per heavy atom. The van der Waals surface area contributed by atoms with Gasteiger partial charge in [-0.25, -0.2) is 4.79 Å². The Bertz CT molecular complexity index is 1290. The van der Waals surface area contributed by atoms with Crippen molar-refractivity contribution < 1.29 is 23.9 Å². The van der Waals surface area contributed by atoms with Crippen LogP contribution in [0.5, 0.6) is 11.5 Å². The molecule has 0 spiro atoms. The van der Waals surface area contributed by atoms with Gasteiger partial charge < -0.3 is 14.4 Å². The third kappa shape index (κ3) is 6.64. The van der Waals surface area contributed by atoms with Gasteiger partial charge in [0.25, 0.3) is 0 Å². The Hall–Kier alpha value is -3.58. The minimum atomic E-state index is -0.939. The molecule has 2 atom stereocenters. The highest BCUT2D eigenvalue weighted by molar-refractivity contribution is 7.98. The molecule has 3 aromatic rings. The molecule has 1 amide bonds. The molecular weight excluding hydrogens is 498 g/mol. The smallest absolute Gasteiger partial charge is 0.415 e. The van der Waals surface area contributed by atoms with E-state index < -0.39 is 11.7 Å². The summed E-state index contributed by atoms with van der Waals surface area (Å²) in [6.07, 6.45) is 2.11. The normalized spacial score (nSPS) is 17.2. The summed E-state index contributed by atoms with van der Waals surface area (Å²) < 4.78 is 11.5. The number of carbonyl (C=O) groups excluding carboxylic acids is 3. The summed E-state index contributed by atoms with van der Waals surface area (Å²) in [7, 11) is 0. The summed E-state index contributed by atoms with van der Waals surface area (Å²) in [5.41, 5.74) is 0.669. The molecule has 0 N–H and O–H groups in total. The van der Waals surface area contributed by atoms with Crippen LogP contribution in [0, 0.1) is 11.8 Å². The second kappa shape index (κ2) is 11.9. The fourth-order valence-corrected chi connectivity index (χ4v) is 4.96. The van der Waals surface area contributed by atoms with Gasteiger partial charge in [-0.15, -0.1) is 11.8 Å². The van der Waals surface area contributed by atoms with Crippen LogP contribution in [0.25, 0.3) is 0 Å². The molecule has 0 aliphatic carbocycles. The van der Waals surface area contributed by atoms with Gasteiger partial charge >= 0.3 is 6.09 Å². The first-order chi connectivity index (χ1) is 18.2. The number of amides is 1. The molecule has 38 heavy (non-hydrogen) atoms. The van der Waals surface area contributed by atoms with E-state index in [1.54, 1.807) is 42.6 Å². The molecule has 1 fully saturated rings. The van der Waals surface area contributed by atoms with Gasteiger partial charge in [0.2, 0.25) is 0 Å². The highest BCUT2D eigenvalue weighted by Crippen LogP contribution is 2.32. The molecule has 1 heterocycles. The van der Waals surface area contributed by atoms with Gasteiger partial charge in [0, 0.05) is 29.5 Å². The van der Waals surface area contributed by atoms with Gasteiger partial charge in [-0.1, -0.05) is 42.5 Å². The Labute approximate surface area is 228 Å².